The van der Waals surface area contributed by atoms with Crippen molar-refractivity contribution in [2.45, 2.75) is 32.2 Å². The molecule has 3 nitrogen and oxygen atoms in total. The molecular weight excluding hydrogens is 176 g/mol. The lowest BCUT2D eigenvalue weighted by molar-refractivity contribution is -0.126. The van der Waals surface area contributed by atoms with Gasteiger partial charge in [0.15, 0.2) is 0 Å². The summed E-state index contributed by atoms with van der Waals surface area (Å²) in [6.07, 6.45) is 7.66. The van der Waals surface area contributed by atoms with Crippen molar-refractivity contribution in [2.24, 2.45) is 5.92 Å². The van der Waals surface area contributed by atoms with Crippen molar-refractivity contribution in [2.75, 3.05) is 13.1 Å². The van der Waals surface area contributed by atoms with Crippen LogP contribution in [-0.2, 0) is 4.79 Å². The second-order valence-corrected chi connectivity index (χ2v) is 3.84. The van der Waals surface area contributed by atoms with Crippen LogP contribution < -0.4 is 10.6 Å². The van der Waals surface area contributed by atoms with E-state index in [9.17, 15) is 4.79 Å². The molecule has 1 fully saturated rings. The maximum atomic E-state index is 11.7. The fourth-order valence-electron chi connectivity index (χ4n) is 1.67. The molecule has 1 atom stereocenters. The van der Waals surface area contributed by atoms with Crippen molar-refractivity contribution in [3.05, 3.63) is 0 Å². The predicted octanol–water partition coefficient (Wildman–Crippen LogP) is 0.514. The van der Waals surface area contributed by atoms with Crippen molar-refractivity contribution in [1.29, 1.82) is 0 Å². The van der Waals surface area contributed by atoms with Crippen LogP contribution in [0, 0.1) is 18.3 Å². The van der Waals surface area contributed by atoms with Gasteiger partial charge in [0, 0.05) is 18.4 Å². The van der Waals surface area contributed by atoms with E-state index in [0.717, 1.165) is 25.9 Å². The van der Waals surface area contributed by atoms with Gasteiger partial charge in [-0.25, -0.2) is 0 Å². The Morgan fingerprint density at radius 2 is 2.29 bits per heavy atom. The van der Waals surface area contributed by atoms with E-state index in [1.165, 1.54) is 0 Å². The van der Waals surface area contributed by atoms with Crippen molar-refractivity contribution in [1.82, 2.24) is 10.6 Å². The first-order valence-corrected chi connectivity index (χ1v) is 5.18. The average Bonchev–Trinajstić information content (AvgIpc) is 2.19. The van der Waals surface area contributed by atoms with Gasteiger partial charge in [0.1, 0.15) is 0 Å². The average molecular weight is 194 g/mol. The molecular formula is C11H18N2O. The Balaban J connectivity index is 2.30. The molecule has 1 rings (SSSR count). The lowest BCUT2D eigenvalue weighted by Gasteiger charge is -2.23. The van der Waals surface area contributed by atoms with E-state index in [1.807, 2.05) is 6.92 Å². The SMILES string of the molecule is C#CCC(C)NC(=O)C1CCNCC1. The minimum Gasteiger partial charge on any atom is -0.352 e. The Kier molecular flexibility index (Phi) is 4.48. The van der Waals surface area contributed by atoms with Crippen LogP contribution >= 0.6 is 0 Å². The molecule has 0 aromatic heterocycles. The first-order chi connectivity index (χ1) is 6.74. The van der Waals surface area contributed by atoms with Crippen LogP contribution in [0.5, 0.6) is 0 Å². The third-order valence-corrected chi connectivity index (χ3v) is 2.52. The quantitative estimate of drug-likeness (QED) is 0.643. The van der Waals surface area contributed by atoms with E-state index < -0.39 is 0 Å². The van der Waals surface area contributed by atoms with E-state index in [1.54, 1.807) is 0 Å². The molecule has 1 amide bonds. The predicted molar refractivity (Wildman–Crippen MR) is 56.6 cm³/mol. The van der Waals surface area contributed by atoms with E-state index in [-0.39, 0.29) is 17.9 Å². The largest absolute Gasteiger partial charge is 0.352 e. The minimum absolute atomic E-state index is 0.0994. The van der Waals surface area contributed by atoms with E-state index in [4.69, 9.17) is 6.42 Å². The lowest BCUT2D eigenvalue weighted by Crippen LogP contribution is -2.41. The molecule has 1 heterocycles. The summed E-state index contributed by atoms with van der Waals surface area (Å²) < 4.78 is 0. The number of hydrogen-bond donors (Lipinski definition) is 2. The van der Waals surface area contributed by atoms with Gasteiger partial charge in [-0.15, -0.1) is 12.3 Å². The van der Waals surface area contributed by atoms with Gasteiger partial charge in [-0.05, 0) is 32.9 Å². The van der Waals surface area contributed by atoms with Crippen LogP contribution in [0.2, 0.25) is 0 Å². The molecule has 14 heavy (non-hydrogen) atoms. The summed E-state index contributed by atoms with van der Waals surface area (Å²) in [6, 6.07) is 0.0994. The van der Waals surface area contributed by atoms with Crippen molar-refractivity contribution >= 4 is 5.91 Å². The van der Waals surface area contributed by atoms with Gasteiger partial charge in [-0.2, -0.15) is 0 Å². The third kappa shape index (κ3) is 3.39. The number of piperidine rings is 1. The molecule has 0 aromatic carbocycles. The summed E-state index contributed by atoms with van der Waals surface area (Å²) in [5.74, 6) is 2.89. The summed E-state index contributed by atoms with van der Waals surface area (Å²) in [5.41, 5.74) is 0. The van der Waals surface area contributed by atoms with Crippen LogP contribution in [0.4, 0.5) is 0 Å². The lowest BCUT2D eigenvalue weighted by atomic mass is 9.97. The van der Waals surface area contributed by atoms with E-state index in [0.29, 0.717) is 6.42 Å². The first-order valence-electron chi connectivity index (χ1n) is 5.18. The fraction of sp³-hybridized carbons (Fsp3) is 0.727. The Hall–Kier alpha value is -1.01. The minimum atomic E-state index is 0.0994. The van der Waals surface area contributed by atoms with Crippen LogP contribution in [0.25, 0.3) is 0 Å². The van der Waals surface area contributed by atoms with Gasteiger partial charge < -0.3 is 10.6 Å². The molecule has 0 aromatic rings. The topological polar surface area (TPSA) is 41.1 Å². The normalized spacial score (nSPS) is 19.7. The number of terminal acetylenes is 1. The number of carbonyl (C=O) groups excluding carboxylic acids is 1. The highest BCUT2D eigenvalue weighted by molar-refractivity contribution is 5.79. The highest BCUT2D eigenvalue weighted by atomic mass is 16.1. The van der Waals surface area contributed by atoms with Crippen LogP contribution in [0.1, 0.15) is 26.2 Å². The smallest absolute Gasteiger partial charge is 0.223 e. The zero-order valence-corrected chi connectivity index (χ0v) is 8.68. The summed E-state index contributed by atoms with van der Waals surface area (Å²) in [4.78, 5) is 11.7. The standard InChI is InChI=1S/C11H18N2O/c1-3-4-9(2)13-11(14)10-5-7-12-8-6-10/h1,9-10,12H,4-8H2,2H3,(H,13,14). The zero-order chi connectivity index (χ0) is 10.4. The molecule has 1 unspecified atom stereocenters. The van der Waals surface area contributed by atoms with Crippen molar-refractivity contribution in [3.8, 4) is 12.3 Å². The molecule has 2 N–H and O–H groups in total. The fourth-order valence-corrected chi connectivity index (χ4v) is 1.67. The highest BCUT2D eigenvalue weighted by Crippen LogP contribution is 2.11. The molecule has 0 aliphatic carbocycles. The summed E-state index contributed by atoms with van der Waals surface area (Å²) in [6.45, 7) is 3.84. The van der Waals surface area contributed by atoms with E-state index in [2.05, 4.69) is 16.6 Å². The van der Waals surface area contributed by atoms with Crippen LogP contribution in [-0.4, -0.2) is 25.0 Å². The molecule has 1 aliphatic rings. The number of amides is 1. The summed E-state index contributed by atoms with van der Waals surface area (Å²) in [7, 11) is 0. The Morgan fingerprint density at radius 1 is 1.64 bits per heavy atom. The van der Waals surface area contributed by atoms with Crippen LogP contribution in [0.15, 0.2) is 0 Å². The molecule has 1 aliphatic heterocycles. The number of hydrogen-bond acceptors (Lipinski definition) is 2. The van der Waals surface area contributed by atoms with Crippen molar-refractivity contribution < 1.29 is 4.79 Å². The number of nitrogens with one attached hydrogen (secondary N) is 2. The maximum Gasteiger partial charge on any atom is 0.223 e. The summed E-state index contributed by atoms with van der Waals surface area (Å²) in [5, 5.41) is 6.18. The van der Waals surface area contributed by atoms with Gasteiger partial charge >= 0.3 is 0 Å². The summed E-state index contributed by atoms with van der Waals surface area (Å²) >= 11 is 0. The van der Waals surface area contributed by atoms with Crippen LogP contribution in [0.3, 0.4) is 0 Å². The molecule has 0 saturated carbocycles. The zero-order valence-electron chi connectivity index (χ0n) is 8.68. The van der Waals surface area contributed by atoms with E-state index >= 15 is 0 Å². The number of rotatable bonds is 3. The van der Waals surface area contributed by atoms with Crippen molar-refractivity contribution in [3.63, 3.8) is 0 Å². The van der Waals surface area contributed by atoms with Gasteiger partial charge in [0.05, 0.1) is 0 Å². The molecule has 1 saturated heterocycles. The molecule has 78 valence electrons. The van der Waals surface area contributed by atoms with Gasteiger partial charge in [-0.3, -0.25) is 4.79 Å². The third-order valence-electron chi connectivity index (χ3n) is 2.52. The second kappa shape index (κ2) is 5.66. The number of carbonyl (C=O) groups is 1. The second-order valence-electron chi connectivity index (χ2n) is 3.84. The molecule has 3 heteroatoms. The highest BCUT2D eigenvalue weighted by Gasteiger charge is 2.21. The monoisotopic (exact) mass is 194 g/mol. The Morgan fingerprint density at radius 3 is 2.86 bits per heavy atom. The van der Waals surface area contributed by atoms with Gasteiger partial charge in [0.25, 0.3) is 0 Å². The maximum absolute atomic E-state index is 11.7. The Bertz CT molecular complexity index is 226. The molecule has 0 radical (unpaired) electrons. The van der Waals surface area contributed by atoms with Gasteiger partial charge in [0.2, 0.25) is 5.91 Å². The molecule has 0 spiro atoms. The first kappa shape index (κ1) is 11.1. The molecule has 0 bridgehead atoms. The van der Waals surface area contributed by atoms with Gasteiger partial charge in [-0.1, -0.05) is 0 Å². The Labute approximate surface area is 85.6 Å².